The summed E-state index contributed by atoms with van der Waals surface area (Å²) in [6, 6.07) is 7.30. The Bertz CT molecular complexity index is 574. The molecular weight excluding hydrogens is 308 g/mol. The van der Waals surface area contributed by atoms with Gasteiger partial charge in [-0.05, 0) is 38.8 Å². The van der Waals surface area contributed by atoms with Crippen LogP contribution in [0.5, 0.6) is 5.75 Å². The number of para-hydroxylation sites is 2. The van der Waals surface area contributed by atoms with Crippen molar-refractivity contribution in [1.29, 1.82) is 0 Å². The van der Waals surface area contributed by atoms with Gasteiger partial charge >= 0.3 is 0 Å². The van der Waals surface area contributed by atoms with Crippen molar-refractivity contribution < 1.29 is 19.1 Å². The van der Waals surface area contributed by atoms with Crippen LogP contribution in [0.2, 0.25) is 0 Å². The fraction of sp³-hybridized carbons (Fsp3) is 0.556. The zero-order valence-corrected chi connectivity index (χ0v) is 14.6. The topological polar surface area (TPSA) is 67.9 Å². The van der Waals surface area contributed by atoms with E-state index < -0.39 is 6.10 Å². The number of nitrogens with one attached hydrogen (secondary N) is 1. The molecule has 0 aliphatic carbocycles. The van der Waals surface area contributed by atoms with Gasteiger partial charge in [0.25, 0.3) is 5.91 Å². The standard InChI is InChI=1S/C18H26N2O4/c1-4-15-18(22)20(14-8-5-6-9-16(14)24-15)12-17(21)19-10-7-11-23-13(2)3/h5-6,8-9,13,15H,4,7,10-12H2,1-3H3,(H,19,21). The van der Waals surface area contributed by atoms with Crippen LogP contribution in [0, 0.1) is 0 Å². The van der Waals surface area contributed by atoms with Crippen molar-refractivity contribution in [3.8, 4) is 5.75 Å². The van der Waals surface area contributed by atoms with E-state index >= 15 is 0 Å². The first-order valence-electron chi connectivity index (χ1n) is 8.48. The fourth-order valence-corrected chi connectivity index (χ4v) is 2.52. The molecule has 1 aliphatic heterocycles. The molecule has 0 aromatic heterocycles. The Balaban J connectivity index is 1.92. The summed E-state index contributed by atoms with van der Waals surface area (Å²) in [4.78, 5) is 26.2. The third-order valence-corrected chi connectivity index (χ3v) is 3.73. The lowest BCUT2D eigenvalue weighted by atomic mass is 10.1. The maximum atomic E-state index is 12.5. The highest BCUT2D eigenvalue weighted by Gasteiger charge is 2.33. The molecule has 0 bridgehead atoms. The second kappa shape index (κ2) is 8.68. The lowest BCUT2D eigenvalue weighted by molar-refractivity contribution is -0.129. The molecule has 2 amide bonds. The van der Waals surface area contributed by atoms with Gasteiger partial charge in [-0.2, -0.15) is 0 Å². The van der Waals surface area contributed by atoms with Crippen LogP contribution in [-0.4, -0.2) is 43.7 Å². The van der Waals surface area contributed by atoms with E-state index in [0.717, 1.165) is 6.42 Å². The summed E-state index contributed by atoms with van der Waals surface area (Å²) < 4.78 is 11.1. The van der Waals surface area contributed by atoms with Gasteiger partial charge in [0.15, 0.2) is 6.10 Å². The van der Waals surface area contributed by atoms with Gasteiger partial charge in [0.1, 0.15) is 12.3 Å². The van der Waals surface area contributed by atoms with Gasteiger partial charge in [-0.1, -0.05) is 19.1 Å². The number of hydrogen-bond acceptors (Lipinski definition) is 4. The van der Waals surface area contributed by atoms with Crippen LogP contribution in [-0.2, 0) is 14.3 Å². The Kier molecular flexibility index (Phi) is 6.61. The minimum atomic E-state index is -0.535. The third kappa shape index (κ3) is 4.71. The van der Waals surface area contributed by atoms with E-state index in [9.17, 15) is 9.59 Å². The zero-order valence-electron chi connectivity index (χ0n) is 14.6. The second-order valence-corrected chi connectivity index (χ2v) is 6.03. The van der Waals surface area contributed by atoms with Gasteiger partial charge in [0.05, 0.1) is 11.8 Å². The average molecular weight is 334 g/mol. The molecule has 1 aromatic carbocycles. The summed E-state index contributed by atoms with van der Waals surface area (Å²) >= 11 is 0. The summed E-state index contributed by atoms with van der Waals surface area (Å²) in [5.74, 6) is 0.288. The van der Waals surface area contributed by atoms with Gasteiger partial charge in [-0.15, -0.1) is 0 Å². The number of rotatable bonds is 8. The molecule has 6 heteroatoms. The number of carbonyl (C=O) groups excluding carboxylic acids is 2. The molecule has 24 heavy (non-hydrogen) atoms. The molecule has 0 fully saturated rings. The van der Waals surface area contributed by atoms with Crippen molar-refractivity contribution in [3.05, 3.63) is 24.3 Å². The highest BCUT2D eigenvalue weighted by molar-refractivity contribution is 6.03. The molecule has 1 atom stereocenters. The molecular formula is C18H26N2O4. The van der Waals surface area contributed by atoms with E-state index in [1.54, 1.807) is 6.07 Å². The lowest BCUT2D eigenvalue weighted by Gasteiger charge is -2.33. The number of fused-ring (bicyclic) bond motifs is 1. The van der Waals surface area contributed by atoms with Crippen molar-refractivity contribution in [3.63, 3.8) is 0 Å². The lowest BCUT2D eigenvalue weighted by Crippen LogP contribution is -2.49. The molecule has 2 rings (SSSR count). The first kappa shape index (κ1) is 18.3. The number of benzene rings is 1. The Hall–Kier alpha value is -2.08. The number of anilines is 1. The van der Waals surface area contributed by atoms with Crippen LogP contribution in [0.3, 0.4) is 0 Å². The molecule has 1 aliphatic rings. The molecule has 0 saturated heterocycles. The molecule has 1 unspecified atom stereocenters. The first-order chi connectivity index (χ1) is 11.5. The average Bonchev–Trinajstić information content (AvgIpc) is 2.56. The normalized spacial score (nSPS) is 16.8. The Morgan fingerprint density at radius 2 is 2.12 bits per heavy atom. The van der Waals surface area contributed by atoms with Crippen molar-refractivity contribution in [2.45, 2.75) is 45.8 Å². The van der Waals surface area contributed by atoms with Gasteiger partial charge in [-0.3, -0.25) is 14.5 Å². The summed E-state index contributed by atoms with van der Waals surface area (Å²) in [5, 5.41) is 2.83. The van der Waals surface area contributed by atoms with Crippen molar-refractivity contribution in [2.75, 3.05) is 24.6 Å². The van der Waals surface area contributed by atoms with Crippen LogP contribution in [0.25, 0.3) is 0 Å². The number of nitrogens with zero attached hydrogens (tertiary/aromatic N) is 1. The molecule has 1 heterocycles. The van der Waals surface area contributed by atoms with Crippen molar-refractivity contribution in [2.24, 2.45) is 0 Å². The highest BCUT2D eigenvalue weighted by atomic mass is 16.5. The number of hydrogen-bond donors (Lipinski definition) is 1. The molecule has 1 aromatic rings. The van der Waals surface area contributed by atoms with Crippen molar-refractivity contribution >= 4 is 17.5 Å². The highest BCUT2D eigenvalue weighted by Crippen LogP contribution is 2.34. The Morgan fingerprint density at radius 1 is 1.38 bits per heavy atom. The van der Waals surface area contributed by atoms with Crippen LogP contribution in [0.4, 0.5) is 5.69 Å². The van der Waals surface area contributed by atoms with E-state index in [1.165, 1.54) is 4.90 Å². The van der Waals surface area contributed by atoms with E-state index in [4.69, 9.17) is 9.47 Å². The zero-order chi connectivity index (χ0) is 17.5. The van der Waals surface area contributed by atoms with E-state index in [-0.39, 0.29) is 24.5 Å². The smallest absolute Gasteiger partial charge is 0.268 e. The molecule has 0 spiro atoms. The van der Waals surface area contributed by atoms with E-state index in [1.807, 2.05) is 39.0 Å². The van der Waals surface area contributed by atoms with Crippen LogP contribution < -0.4 is 15.0 Å². The molecule has 1 N–H and O–H groups in total. The monoisotopic (exact) mass is 334 g/mol. The largest absolute Gasteiger partial charge is 0.478 e. The van der Waals surface area contributed by atoms with Crippen molar-refractivity contribution in [1.82, 2.24) is 5.32 Å². The number of ether oxygens (including phenoxy) is 2. The van der Waals surface area contributed by atoms with E-state index in [2.05, 4.69) is 5.32 Å². The summed E-state index contributed by atoms with van der Waals surface area (Å²) in [6.45, 7) is 6.98. The fourth-order valence-electron chi connectivity index (χ4n) is 2.52. The molecule has 0 radical (unpaired) electrons. The minimum absolute atomic E-state index is 0.000738. The predicted molar refractivity (Wildman–Crippen MR) is 92.2 cm³/mol. The van der Waals surface area contributed by atoms with Gasteiger partial charge in [0.2, 0.25) is 5.91 Å². The summed E-state index contributed by atoms with van der Waals surface area (Å²) in [6.07, 6.45) is 0.966. The first-order valence-corrected chi connectivity index (χ1v) is 8.48. The molecule has 6 nitrogen and oxygen atoms in total. The van der Waals surface area contributed by atoms with Crippen LogP contribution in [0.1, 0.15) is 33.6 Å². The number of carbonyl (C=O) groups is 2. The quantitative estimate of drug-likeness (QED) is 0.740. The second-order valence-electron chi connectivity index (χ2n) is 6.03. The predicted octanol–water partition coefficient (Wildman–Crippen LogP) is 2.12. The molecule has 0 saturated carbocycles. The van der Waals surface area contributed by atoms with Gasteiger partial charge in [-0.25, -0.2) is 0 Å². The third-order valence-electron chi connectivity index (χ3n) is 3.73. The van der Waals surface area contributed by atoms with Gasteiger partial charge in [0, 0.05) is 13.2 Å². The maximum Gasteiger partial charge on any atom is 0.268 e. The Morgan fingerprint density at radius 3 is 2.83 bits per heavy atom. The van der Waals surface area contributed by atoms with Crippen LogP contribution >= 0.6 is 0 Å². The van der Waals surface area contributed by atoms with Gasteiger partial charge < -0.3 is 14.8 Å². The maximum absolute atomic E-state index is 12.5. The number of amides is 2. The Labute approximate surface area is 143 Å². The molecule has 132 valence electrons. The summed E-state index contributed by atoms with van der Waals surface area (Å²) in [7, 11) is 0. The van der Waals surface area contributed by atoms with E-state index in [0.29, 0.717) is 31.0 Å². The van der Waals surface area contributed by atoms with Crippen LogP contribution in [0.15, 0.2) is 24.3 Å². The summed E-state index contributed by atoms with van der Waals surface area (Å²) in [5.41, 5.74) is 0.644. The SMILES string of the molecule is CCC1Oc2ccccc2N(CC(=O)NCCCOC(C)C)C1=O. The minimum Gasteiger partial charge on any atom is -0.478 e.